The molecule has 9 atom stereocenters. The number of allylic oxidation sites excluding steroid dienone is 2. The van der Waals surface area contributed by atoms with Gasteiger partial charge < -0.3 is 49.8 Å². The van der Waals surface area contributed by atoms with E-state index in [0.717, 1.165) is 6.07 Å². The van der Waals surface area contributed by atoms with E-state index in [0.29, 0.717) is 0 Å². The molecule has 0 aliphatic carbocycles. The van der Waals surface area contributed by atoms with E-state index < -0.39 is 88.8 Å². The van der Waals surface area contributed by atoms with Gasteiger partial charge in [0.2, 0.25) is 0 Å². The minimum absolute atomic E-state index is 0.0709. The Morgan fingerprint density at radius 2 is 1.60 bits per heavy atom. The highest BCUT2D eigenvalue weighted by Gasteiger charge is 2.49. The standard InChI is InChI=1S/C37H47NO12/c1-16-11-10-12-17(2)36(46)38-23-15-24(40)26-27(32(23)44)31(43)21(6)34-28(26)35(45)37(8,50-34)48-14-13-25(47-9)18(3)33(49-22(7)39)20(5)30(42)19(4)29(16)41/h10-16,18-20,25,29-30,33,40-44H,1-9H3,(H,38,46)/b11-10-,14-13?,17-12-/t16-,18+,19+,20+,25?,29?,30+,33+,37-/m0/s1. The van der Waals surface area contributed by atoms with Crippen LogP contribution in [0.5, 0.6) is 23.0 Å². The van der Waals surface area contributed by atoms with Crippen LogP contribution >= 0.6 is 0 Å². The van der Waals surface area contributed by atoms with Crippen LogP contribution in [0.4, 0.5) is 5.69 Å². The fraction of sp³-hybridized carbons (Fsp3) is 0.486. The SMILES string of the molecule is COC1C=CO[C@@]2(C)Oc3c(C)c(O)c4c(O)c(cc(O)c4c3C2=O)NC(=O)/C(C)=C\C=C/[C@H](C)C(O)[C@@H](C)[C@@H](O)[C@@H](C)[C@H](OC(C)=O)[C@@H]1C. The van der Waals surface area contributed by atoms with Gasteiger partial charge in [0.1, 0.15) is 23.4 Å². The second-order valence-corrected chi connectivity index (χ2v) is 13.4. The molecule has 5 bridgehead atoms. The van der Waals surface area contributed by atoms with Gasteiger partial charge in [0.05, 0.1) is 41.2 Å². The number of phenols is 3. The second kappa shape index (κ2) is 14.7. The first-order valence-corrected chi connectivity index (χ1v) is 16.4. The lowest BCUT2D eigenvalue weighted by molar-refractivity contribution is -0.160. The summed E-state index contributed by atoms with van der Waals surface area (Å²) < 4.78 is 23.2. The normalized spacial score (nSPS) is 32.6. The van der Waals surface area contributed by atoms with Gasteiger partial charge in [-0.1, -0.05) is 45.9 Å². The van der Waals surface area contributed by atoms with Crippen molar-refractivity contribution in [3.63, 3.8) is 0 Å². The molecule has 0 spiro atoms. The number of carbonyl (C=O) groups excluding carboxylic acids is 3. The van der Waals surface area contributed by atoms with Crippen molar-refractivity contribution in [2.24, 2.45) is 23.7 Å². The average molecular weight is 698 g/mol. The van der Waals surface area contributed by atoms with Crippen LogP contribution < -0.4 is 10.1 Å². The van der Waals surface area contributed by atoms with Crippen LogP contribution in [0.2, 0.25) is 0 Å². The first-order chi connectivity index (χ1) is 23.4. The topological polar surface area (TPSA) is 201 Å². The van der Waals surface area contributed by atoms with E-state index in [1.54, 1.807) is 39.8 Å². The van der Waals surface area contributed by atoms with Crippen LogP contribution in [0, 0.1) is 30.6 Å². The van der Waals surface area contributed by atoms with Gasteiger partial charge in [-0.3, -0.25) is 14.4 Å². The molecule has 1 amide bonds. The third-order valence-electron chi connectivity index (χ3n) is 9.84. The molecule has 0 fully saturated rings. The number of rotatable bonds is 2. The molecular weight excluding hydrogens is 650 g/mol. The van der Waals surface area contributed by atoms with Crippen molar-refractivity contribution in [2.75, 3.05) is 12.4 Å². The average Bonchev–Trinajstić information content (AvgIpc) is 3.33. The molecule has 6 N–H and O–H groups in total. The highest BCUT2D eigenvalue weighted by atomic mass is 16.7. The number of aliphatic hydroxyl groups excluding tert-OH is 2. The Morgan fingerprint density at radius 1 is 0.940 bits per heavy atom. The van der Waals surface area contributed by atoms with Gasteiger partial charge in [-0.05, 0) is 19.9 Å². The number of ether oxygens (including phenoxy) is 4. The van der Waals surface area contributed by atoms with E-state index in [2.05, 4.69) is 5.32 Å². The first-order valence-electron chi connectivity index (χ1n) is 16.4. The Kier molecular flexibility index (Phi) is 11.2. The maximum absolute atomic E-state index is 13.9. The maximum atomic E-state index is 13.9. The van der Waals surface area contributed by atoms with E-state index in [4.69, 9.17) is 18.9 Å². The van der Waals surface area contributed by atoms with Gasteiger partial charge in [-0.15, -0.1) is 0 Å². The van der Waals surface area contributed by atoms with Crippen molar-refractivity contribution in [3.8, 4) is 23.0 Å². The molecule has 5 rings (SSSR count). The molecule has 13 nitrogen and oxygen atoms in total. The number of aromatic hydroxyl groups is 3. The number of aliphatic hydroxyl groups is 2. The number of hydrogen-bond donors (Lipinski definition) is 6. The van der Waals surface area contributed by atoms with Crippen LogP contribution in [0.3, 0.4) is 0 Å². The Morgan fingerprint density at radius 3 is 2.22 bits per heavy atom. The molecule has 272 valence electrons. The molecule has 3 aliphatic rings. The Hall–Kier alpha value is -4.59. The number of fused-ring (bicyclic) bond motifs is 14. The molecule has 2 aromatic carbocycles. The number of benzene rings is 2. The van der Waals surface area contributed by atoms with Crippen LogP contribution in [-0.2, 0) is 23.8 Å². The van der Waals surface area contributed by atoms with E-state index in [9.17, 15) is 39.9 Å². The number of nitrogens with one attached hydrogen (secondary N) is 1. The molecule has 0 radical (unpaired) electrons. The molecule has 2 unspecified atom stereocenters. The summed E-state index contributed by atoms with van der Waals surface area (Å²) in [6.07, 6.45) is 3.62. The number of hydrogen-bond acceptors (Lipinski definition) is 12. The lowest BCUT2D eigenvalue weighted by atomic mass is 9.78. The number of carbonyl (C=O) groups is 3. The summed E-state index contributed by atoms with van der Waals surface area (Å²) in [4.78, 5) is 39.2. The van der Waals surface area contributed by atoms with Crippen molar-refractivity contribution < 1.29 is 58.9 Å². The molecule has 50 heavy (non-hydrogen) atoms. The molecule has 3 heterocycles. The number of Topliss-reactive ketones (excluding diaryl/α,β-unsaturated/α-hetero) is 1. The quantitative estimate of drug-likeness (QED) is 0.143. The zero-order valence-corrected chi connectivity index (χ0v) is 29.7. The predicted molar refractivity (Wildman–Crippen MR) is 184 cm³/mol. The largest absolute Gasteiger partial charge is 0.507 e. The van der Waals surface area contributed by atoms with Gasteiger partial charge in [-0.2, -0.15) is 0 Å². The van der Waals surface area contributed by atoms with Gasteiger partial charge in [0.15, 0.2) is 5.75 Å². The van der Waals surface area contributed by atoms with Gasteiger partial charge in [0, 0.05) is 67.2 Å². The monoisotopic (exact) mass is 697 g/mol. The third kappa shape index (κ3) is 7.03. The highest BCUT2D eigenvalue weighted by Crippen LogP contribution is 2.53. The Balaban J connectivity index is 1.87. The molecule has 0 aromatic heterocycles. The minimum atomic E-state index is -1.98. The summed E-state index contributed by atoms with van der Waals surface area (Å²) in [5.41, 5.74) is -0.0929. The van der Waals surface area contributed by atoms with Gasteiger partial charge in [-0.25, -0.2) is 0 Å². The zero-order valence-electron chi connectivity index (χ0n) is 29.7. The van der Waals surface area contributed by atoms with Crippen molar-refractivity contribution in [2.45, 2.75) is 85.6 Å². The lowest BCUT2D eigenvalue weighted by Gasteiger charge is -2.38. The van der Waals surface area contributed by atoms with E-state index in [-0.39, 0.29) is 38.9 Å². The summed E-state index contributed by atoms with van der Waals surface area (Å²) >= 11 is 0. The van der Waals surface area contributed by atoms with Crippen molar-refractivity contribution >= 4 is 34.1 Å². The van der Waals surface area contributed by atoms with E-state index in [1.807, 2.05) is 0 Å². The van der Waals surface area contributed by atoms with Crippen LogP contribution in [0.25, 0.3) is 10.8 Å². The van der Waals surface area contributed by atoms with Gasteiger partial charge in [0.25, 0.3) is 11.7 Å². The minimum Gasteiger partial charge on any atom is -0.507 e. The number of esters is 1. The smallest absolute Gasteiger partial charge is 0.312 e. The zero-order chi connectivity index (χ0) is 37.4. The van der Waals surface area contributed by atoms with Crippen LogP contribution in [0.1, 0.15) is 64.4 Å². The summed E-state index contributed by atoms with van der Waals surface area (Å²) in [5, 5.41) is 58.2. The van der Waals surface area contributed by atoms with Crippen LogP contribution in [-0.4, -0.2) is 80.5 Å². The predicted octanol–water partition coefficient (Wildman–Crippen LogP) is 4.75. The number of methoxy groups -OCH3 is 1. The number of phenolic OH excluding ortho intramolecular Hbond substituents is 3. The number of amides is 1. The molecular formula is C37H47NO12. The van der Waals surface area contributed by atoms with Crippen molar-refractivity contribution in [1.82, 2.24) is 0 Å². The molecule has 13 heteroatoms. The molecule has 2 aromatic rings. The maximum Gasteiger partial charge on any atom is 0.312 e. The third-order valence-corrected chi connectivity index (χ3v) is 9.84. The lowest BCUT2D eigenvalue weighted by Crippen LogP contribution is -2.46. The summed E-state index contributed by atoms with van der Waals surface area (Å²) in [7, 11) is 1.43. The molecule has 0 saturated carbocycles. The molecule has 3 aliphatic heterocycles. The van der Waals surface area contributed by atoms with Gasteiger partial charge >= 0.3 is 11.8 Å². The summed E-state index contributed by atoms with van der Waals surface area (Å²) in [5.74, 6) is -7.99. The van der Waals surface area contributed by atoms with Crippen molar-refractivity contribution in [1.29, 1.82) is 0 Å². The Bertz CT molecular complexity index is 1760. The Labute approximate surface area is 290 Å². The van der Waals surface area contributed by atoms with E-state index >= 15 is 0 Å². The fourth-order valence-corrected chi connectivity index (χ4v) is 6.65. The summed E-state index contributed by atoms with van der Waals surface area (Å²) in [6.45, 7) is 12.5. The number of anilines is 1. The first kappa shape index (κ1) is 38.2. The van der Waals surface area contributed by atoms with Crippen molar-refractivity contribution in [3.05, 3.63) is 53.3 Å². The highest BCUT2D eigenvalue weighted by molar-refractivity contribution is 6.21. The molecule has 0 saturated heterocycles. The fourth-order valence-electron chi connectivity index (χ4n) is 6.65. The second-order valence-electron chi connectivity index (χ2n) is 13.4. The number of ketones is 1. The summed E-state index contributed by atoms with van der Waals surface area (Å²) in [6, 6.07) is 1.06. The van der Waals surface area contributed by atoms with Crippen LogP contribution in [0.15, 0.2) is 42.2 Å². The van der Waals surface area contributed by atoms with E-state index in [1.165, 1.54) is 53.2 Å².